The Bertz CT molecular complexity index is 535. The fraction of sp³-hybridized carbons (Fsp3) is 0.562. The fourth-order valence-electron chi connectivity index (χ4n) is 2.95. The summed E-state index contributed by atoms with van der Waals surface area (Å²) in [5.41, 5.74) is 1.09. The molecule has 1 aromatic carbocycles. The summed E-state index contributed by atoms with van der Waals surface area (Å²) in [6.07, 6.45) is 4.22. The minimum Gasteiger partial charge on any atom is -0.393 e. The first kappa shape index (κ1) is 14.0. The van der Waals surface area contributed by atoms with Crippen molar-refractivity contribution in [3.05, 3.63) is 29.3 Å². The fourth-order valence-corrected chi connectivity index (χ4v) is 3.95. The maximum absolute atomic E-state index is 9.72. The van der Waals surface area contributed by atoms with Crippen molar-refractivity contribution in [2.24, 2.45) is 5.92 Å². The number of fused-ring (bicyclic) bond motifs is 1. The number of rotatable bonds is 4. The van der Waals surface area contributed by atoms with E-state index in [1.165, 1.54) is 11.1 Å². The predicted octanol–water partition coefficient (Wildman–Crippen LogP) is 3.50. The van der Waals surface area contributed by atoms with E-state index in [2.05, 4.69) is 30.4 Å². The van der Waals surface area contributed by atoms with E-state index in [1.54, 1.807) is 11.3 Å². The molecule has 0 radical (unpaired) electrons. The number of aromatic nitrogens is 1. The molecule has 20 heavy (non-hydrogen) atoms. The van der Waals surface area contributed by atoms with Crippen LogP contribution in [0.4, 0.5) is 0 Å². The number of benzene rings is 1. The molecule has 0 saturated heterocycles. The monoisotopic (exact) mass is 290 g/mol. The summed E-state index contributed by atoms with van der Waals surface area (Å²) in [6, 6.07) is 8.57. The Hall–Kier alpha value is -0.970. The average Bonchev–Trinajstić information content (AvgIpc) is 2.89. The first-order valence-electron chi connectivity index (χ1n) is 7.49. The van der Waals surface area contributed by atoms with Gasteiger partial charge in [0.15, 0.2) is 0 Å². The van der Waals surface area contributed by atoms with Gasteiger partial charge in [-0.3, -0.25) is 0 Å². The van der Waals surface area contributed by atoms with Crippen molar-refractivity contribution in [3.63, 3.8) is 0 Å². The van der Waals surface area contributed by atoms with Gasteiger partial charge in [0.05, 0.1) is 22.4 Å². The minimum absolute atomic E-state index is 0.0895. The summed E-state index contributed by atoms with van der Waals surface area (Å²) < 4.78 is 1.25. The van der Waals surface area contributed by atoms with Crippen molar-refractivity contribution in [1.29, 1.82) is 0 Å². The second-order valence-electron chi connectivity index (χ2n) is 5.84. The number of hydrogen-bond donors (Lipinski definition) is 2. The van der Waals surface area contributed by atoms with Gasteiger partial charge in [0.2, 0.25) is 0 Å². The molecular formula is C16H22N2OS. The van der Waals surface area contributed by atoms with Gasteiger partial charge in [-0.05, 0) is 50.8 Å². The van der Waals surface area contributed by atoms with Crippen LogP contribution < -0.4 is 5.32 Å². The van der Waals surface area contributed by atoms with Crippen LogP contribution in [0.25, 0.3) is 10.2 Å². The van der Waals surface area contributed by atoms with Crippen LogP contribution in [0.3, 0.4) is 0 Å². The quantitative estimate of drug-likeness (QED) is 0.906. The van der Waals surface area contributed by atoms with E-state index in [-0.39, 0.29) is 12.1 Å². The number of nitrogens with zero attached hydrogens (tertiary/aromatic N) is 1. The molecular weight excluding hydrogens is 268 g/mol. The lowest BCUT2D eigenvalue weighted by Gasteiger charge is -2.27. The van der Waals surface area contributed by atoms with Crippen molar-refractivity contribution >= 4 is 21.6 Å². The molecule has 1 aliphatic rings. The molecule has 1 aromatic heterocycles. The highest BCUT2D eigenvalue weighted by atomic mass is 32.1. The Labute approximate surface area is 124 Å². The van der Waals surface area contributed by atoms with E-state index in [9.17, 15) is 5.11 Å². The van der Waals surface area contributed by atoms with Crippen molar-refractivity contribution in [3.8, 4) is 0 Å². The number of aliphatic hydroxyl groups excluding tert-OH is 1. The SMILES string of the molecule is CC(NCC1CCCC(O)C1)c1nc2ccccc2s1. The van der Waals surface area contributed by atoms with E-state index >= 15 is 0 Å². The molecule has 0 amide bonds. The summed E-state index contributed by atoms with van der Waals surface area (Å²) in [5, 5.41) is 14.5. The Kier molecular flexibility index (Phi) is 4.34. The maximum atomic E-state index is 9.72. The van der Waals surface area contributed by atoms with Gasteiger partial charge < -0.3 is 10.4 Å². The first-order valence-corrected chi connectivity index (χ1v) is 8.31. The van der Waals surface area contributed by atoms with Gasteiger partial charge in [0.1, 0.15) is 5.01 Å². The molecule has 1 fully saturated rings. The predicted molar refractivity (Wildman–Crippen MR) is 84.0 cm³/mol. The van der Waals surface area contributed by atoms with Crippen LogP contribution in [-0.2, 0) is 0 Å². The first-order chi connectivity index (χ1) is 9.72. The highest BCUT2D eigenvalue weighted by molar-refractivity contribution is 7.18. The molecule has 108 valence electrons. The molecule has 4 heteroatoms. The Balaban J connectivity index is 1.59. The van der Waals surface area contributed by atoms with Gasteiger partial charge in [0.25, 0.3) is 0 Å². The van der Waals surface area contributed by atoms with Crippen LogP contribution in [0.5, 0.6) is 0 Å². The molecule has 3 atom stereocenters. The van der Waals surface area contributed by atoms with Gasteiger partial charge in [-0.1, -0.05) is 18.6 Å². The molecule has 2 N–H and O–H groups in total. The maximum Gasteiger partial charge on any atom is 0.111 e. The van der Waals surface area contributed by atoms with Crippen LogP contribution in [-0.4, -0.2) is 22.7 Å². The number of hydrogen-bond acceptors (Lipinski definition) is 4. The smallest absolute Gasteiger partial charge is 0.111 e. The van der Waals surface area contributed by atoms with Crippen LogP contribution in [0.2, 0.25) is 0 Å². The van der Waals surface area contributed by atoms with E-state index in [0.29, 0.717) is 5.92 Å². The number of nitrogens with one attached hydrogen (secondary N) is 1. The normalized spacial score (nSPS) is 24.9. The summed E-state index contributed by atoms with van der Waals surface area (Å²) in [5.74, 6) is 0.607. The van der Waals surface area contributed by atoms with Crippen LogP contribution in [0.15, 0.2) is 24.3 Å². The van der Waals surface area contributed by atoms with Gasteiger partial charge in [-0.25, -0.2) is 4.98 Å². The molecule has 1 aliphatic carbocycles. The molecule has 1 saturated carbocycles. The standard InChI is InChI=1S/C16H22N2OS/c1-11(17-10-12-5-4-6-13(19)9-12)16-18-14-7-2-3-8-15(14)20-16/h2-3,7-8,11-13,17,19H,4-6,9-10H2,1H3. The van der Waals surface area contributed by atoms with Gasteiger partial charge >= 0.3 is 0 Å². The van der Waals surface area contributed by atoms with Crippen LogP contribution >= 0.6 is 11.3 Å². The molecule has 3 nitrogen and oxygen atoms in total. The number of aliphatic hydroxyl groups is 1. The Morgan fingerprint density at radius 1 is 1.40 bits per heavy atom. The molecule has 2 aromatic rings. The van der Waals surface area contributed by atoms with E-state index in [1.807, 2.05) is 6.07 Å². The Morgan fingerprint density at radius 3 is 3.05 bits per heavy atom. The lowest BCUT2D eigenvalue weighted by atomic mass is 9.87. The Morgan fingerprint density at radius 2 is 2.25 bits per heavy atom. The van der Waals surface area contributed by atoms with Crippen molar-refractivity contribution in [1.82, 2.24) is 10.3 Å². The lowest BCUT2D eigenvalue weighted by Crippen LogP contribution is -2.30. The zero-order chi connectivity index (χ0) is 13.9. The molecule has 0 aliphatic heterocycles. The molecule has 0 spiro atoms. The number of thiazole rings is 1. The summed E-state index contributed by atoms with van der Waals surface area (Å²) in [7, 11) is 0. The van der Waals surface area contributed by atoms with Crippen molar-refractivity contribution in [2.75, 3.05) is 6.54 Å². The van der Waals surface area contributed by atoms with Gasteiger partial charge in [0, 0.05) is 0 Å². The third-order valence-electron chi connectivity index (χ3n) is 4.15. The third-order valence-corrected chi connectivity index (χ3v) is 5.37. The second kappa shape index (κ2) is 6.20. The zero-order valence-corrected chi connectivity index (χ0v) is 12.7. The largest absolute Gasteiger partial charge is 0.393 e. The third kappa shape index (κ3) is 3.19. The zero-order valence-electron chi connectivity index (χ0n) is 11.9. The molecule has 3 unspecified atom stereocenters. The van der Waals surface area contributed by atoms with Gasteiger partial charge in [-0.2, -0.15) is 0 Å². The van der Waals surface area contributed by atoms with E-state index < -0.39 is 0 Å². The average molecular weight is 290 g/mol. The highest BCUT2D eigenvalue weighted by Crippen LogP contribution is 2.27. The molecule has 0 bridgehead atoms. The minimum atomic E-state index is -0.0895. The lowest BCUT2D eigenvalue weighted by molar-refractivity contribution is 0.0998. The highest BCUT2D eigenvalue weighted by Gasteiger charge is 2.21. The van der Waals surface area contributed by atoms with Crippen molar-refractivity contribution in [2.45, 2.75) is 44.8 Å². The number of para-hydroxylation sites is 1. The topological polar surface area (TPSA) is 45.1 Å². The molecule has 1 heterocycles. The van der Waals surface area contributed by atoms with E-state index in [0.717, 1.165) is 36.3 Å². The summed E-state index contributed by atoms with van der Waals surface area (Å²) in [4.78, 5) is 4.70. The second-order valence-corrected chi connectivity index (χ2v) is 6.90. The van der Waals surface area contributed by atoms with E-state index in [4.69, 9.17) is 4.98 Å². The van der Waals surface area contributed by atoms with Gasteiger partial charge in [-0.15, -0.1) is 11.3 Å². The summed E-state index contributed by atoms with van der Waals surface area (Å²) >= 11 is 1.77. The molecule has 3 rings (SSSR count). The van der Waals surface area contributed by atoms with Crippen LogP contribution in [0.1, 0.15) is 43.7 Å². The van der Waals surface area contributed by atoms with Crippen LogP contribution in [0, 0.1) is 5.92 Å². The summed E-state index contributed by atoms with van der Waals surface area (Å²) in [6.45, 7) is 3.16. The van der Waals surface area contributed by atoms with Crippen molar-refractivity contribution < 1.29 is 5.11 Å².